The summed E-state index contributed by atoms with van der Waals surface area (Å²) in [5, 5.41) is 3.76. The molecule has 1 N–H and O–H groups in total. The lowest BCUT2D eigenvalue weighted by atomic mass is 9.75. The van der Waals surface area contributed by atoms with E-state index < -0.39 is 0 Å². The van der Waals surface area contributed by atoms with Gasteiger partial charge in [0.05, 0.1) is 0 Å². The van der Waals surface area contributed by atoms with Gasteiger partial charge in [0.25, 0.3) is 0 Å². The van der Waals surface area contributed by atoms with E-state index in [0.29, 0.717) is 5.54 Å². The van der Waals surface area contributed by atoms with Gasteiger partial charge in [-0.15, -0.1) is 0 Å². The van der Waals surface area contributed by atoms with Gasteiger partial charge in [-0.2, -0.15) is 0 Å². The molecule has 0 radical (unpaired) electrons. The highest BCUT2D eigenvalue weighted by molar-refractivity contribution is 4.97. The number of likely N-dealkylation sites (N-methyl/N-ethyl adjacent to an activating group) is 1. The Balaban J connectivity index is 1.68. The minimum absolute atomic E-state index is 0.486. The largest absolute Gasteiger partial charge is 0.315 e. The average molecular weight is 238 g/mol. The van der Waals surface area contributed by atoms with E-state index >= 15 is 0 Å². The number of hydrogen-bond donors (Lipinski definition) is 1. The lowest BCUT2D eigenvalue weighted by molar-refractivity contribution is 0.0583. The van der Waals surface area contributed by atoms with Crippen molar-refractivity contribution in [2.45, 2.75) is 57.4 Å². The summed E-state index contributed by atoms with van der Waals surface area (Å²) in [5.41, 5.74) is 0.486. The number of rotatable bonds is 5. The molecular formula is C15H30N2. The quantitative estimate of drug-likeness (QED) is 0.792. The molecule has 0 spiro atoms. The van der Waals surface area contributed by atoms with Gasteiger partial charge in [0.1, 0.15) is 0 Å². The minimum Gasteiger partial charge on any atom is -0.315 e. The molecule has 2 nitrogen and oxygen atoms in total. The third-order valence-corrected chi connectivity index (χ3v) is 5.17. The Morgan fingerprint density at radius 1 is 1.18 bits per heavy atom. The van der Waals surface area contributed by atoms with E-state index in [9.17, 15) is 0 Å². The Bertz CT molecular complexity index is 233. The molecule has 0 aromatic rings. The second-order valence-corrected chi connectivity index (χ2v) is 6.74. The molecule has 2 atom stereocenters. The smallest absolute Gasteiger partial charge is 0.0327 e. The summed E-state index contributed by atoms with van der Waals surface area (Å²) in [6.45, 7) is 4.87. The summed E-state index contributed by atoms with van der Waals surface area (Å²) in [7, 11) is 4.48. The summed E-state index contributed by atoms with van der Waals surface area (Å²) in [5.74, 6) is 1.90. The molecule has 0 bridgehead atoms. The predicted octanol–water partition coefficient (Wildman–Crippen LogP) is 2.89. The molecular weight excluding hydrogens is 208 g/mol. The van der Waals surface area contributed by atoms with Crippen LogP contribution in [0.25, 0.3) is 0 Å². The van der Waals surface area contributed by atoms with Gasteiger partial charge in [-0.05, 0) is 64.6 Å². The maximum atomic E-state index is 3.76. The van der Waals surface area contributed by atoms with Crippen molar-refractivity contribution in [1.82, 2.24) is 10.2 Å². The molecule has 0 aliphatic heterocycles. The normalized spacial score (nSPS) is 32.5. The lowest BCUT2D eigenvalue weighted by Crippen LogP contribution is -2.56. The fraction of sp³-hybridized carbons (Fsp3) is 1.00. The van der Waals surface area contributed by atoms with E-state index in [0.717, 1.165) is 11.8 Å². The molecule has 2 heteroatoms. The van der Waals surface area contributed by atoms with Gasteiger partial charge in [0, 0.05) is 12.1 Å². The molecule has 2 rings (SSSR count). The highest BCUT2D eigenvalue weighted by atomic mass is 15.2. The van der Waals surface area contributed by atoms with Gasteiger partial charge in [0.15, 0.2) is 0 Å². The summed E-state index contributed by atoms with van der Waals surface area (Å²) < 4.78 is 0. The monoisotopic (exact) mass is 238 g/mol. The van der Waals surface area contributed by atoms with Gasteiger partial charge in [-0.1, -0.05) is 19.8 Å². The van der Waals surface area contributed by atoms with Crippen LogP contribution in [0.1, 0.15) is 51.9 Å². The van der Waals surface area contributed by atoms with Crippen LogP contribution in [0.3, 0.4) is 0 Å². The fourth-order valence-electron chi connectivity index (χ4n) is 3.62. The van der Waals surface area contributed by atoms with Crippen LogP contribution in [-0.2, 0) is 0 Å². The van der Waals surface area contributed by atoms with Crippen molar-refractivity contribution in [2.75, 3.05) is 27.2 Å². The van der Waals surface area contributed by atoms with Gasteiger partial charge in [0.2, 0.25) is 0 Å². The minimum atomic E-state index is 0.486. The molecule has 0 amide bonds. The predicted molar refractivity (Wildman–Crippen MR) is 74.3 cm³/mol. The van der Waals surface area contributed by atoms with Crippen molar-refractivity contribution in [3.8, 4) is 0 Å². The van der Waals surface area contributed by atoms with Gasteiger partial charge < -0.3 is 10.2 Å². The Morgan fingerprint density at radius 3 is 2.47 bits per heavy atom. The zero-order valence-electron chi connectivity index (χ0n) is 12.0. The van der Waals surface area contributed by atoms with Crippen molar-refractivity contribution in [2.24, 2.45) is 11.8 Å². The Hall–Kier alpha value is -0.0800. The second kappa shape index (κ2) is 5.71. The van der Waals surface area contributed by atoms with Crippen LogP contribution in [0.2, 0.25) is 0 Å². The zero-order valence-corrected chi connectivity index (χ0v) is 12.0. The molecule has 0 saturated heterocycles. The van der Waals surface area contributed by atoms with E-state index in [1.807, 2.05) is 0 Å². The highest BCUT2D eigenvalue weighted by Gasteiger charge is 2.38. The number of nitrogens with one attached hydrogen (secondary N) is 1. The van der Waals surface area contributed by atoms with E-state index in [-0.39, 0.29) is 0 Å². The van der Waals surface area contributed by atoms with Crippen LogP contribution in [0.5, 0.6) is 0 Å². The maximum absolute atomic E-state index is 3.76. The molecule has 17 heavy (non-hydrogen) atoms. The summed E-state index contributed by atoms with van der Waals surface area (Å²) in [6.07, 6.45) is 9.99. The van der Waals surface area contributed by atoms with Crippen LogP contribution in [0.15, 0.2) is 0 Å². The Kier molecular flexibility index (Phi) is 4.48. The fourth-order valence-corrected chi connectivity index (χ4v) is 3.62. The number of nitrogens with zero attached hydrogens (tertiary/aromatic N) is 1. The van der Waals surface area contributed by atoms with Crippen LogP contribution >= 0.6 is 0 Å². The third kappa shape index (κ3) is 3.23. The van der Waals surface area contributed by atoms with Crippen LogP contribution in [-0.4, -0.2) is 37.6 Å². The lowest BCUT2D eigenvalue weighted by Gasteiger charge is -2.48. The first kappa shape index (κ1) is 13.4. The van der Waals surface area contributed by atoms with Crippen molar-refractivity contribution >= 4 is 0 Å². The molecule has 2 unspecified atom stereocenters. The van der Waals surface area contributed by atoms with Gasteiger partial charge >= 0.3 is 0 Å². The van der Waals surface area contributed by atoms with Crippen LogP contribution in [0, 0.1) is 11.8 Å². The first-order chi connectivity index (χ1) is 8.12. The maximum Gasteiger partial charge on any atom is 0.0327 e. The molecule has 100 valence electrons. The molecule has 2 fully saturated rings. The topological polar surface area (TPSA) is 15.3 Å². The molecule has 2 aliphatic carbocycles. The molecule has 0 aromatic carbocycles. The van der Waals surface area contributed by atoms with Crippen molar-refractivity contribution in [3.63, 3.8) is 0 Å². The van der Waals surface area contributed by atoms with Crippen molar-refractivity contribution in [3.05, 3.63) is 0 Å². The zero-order chi connectivity index (χ0) is 12.3. The average Bonchev–Trinajstić information content (AvgIpc) is 2.21. The Morgan fingerprint density at radius 2 is 1.94 bits per heavy atom. The molecule has 0 heterocycles. The summed E-state index contributed by atoms with van der Waals surface area (Å²) >= 11 is 0. The first-order valence-corrected chi connectivity index (χ1v) is 7.50. The highest BCUT2D eigenvalue weighted by Crippen LogP contribution is 2.35. The van der Waals surface area contributed by atoms with E-state index in [2.05, 4.69) is 31.2 Å². The summed E-state index contributed by atoms with van der Waals surface area (Å²) in [4.78, 5) is 2.44. The van der Waals surface area contributed by atoms with Crippen molar-refractivity contribution < 1.29 is 0 Å². The number of hydrogen-bond acceptors (Lipinski definition) is 2. The summed E-state index contributed by atoms with van der Waals surface area (Å²) in [6, 6.07) is 0. The Labute approximate surface area is 107 Å². The molecule has 0 aromatic heterocycles. The van der Waals surface area contributed by atoms with Crippen LogP contribution in [0.4, 0.5) is 0 Å². The molecule has 2 saturated carbocycles. The van der Waals surface area contributed by atoms with E-state index in [1.54, 1.807) is 0 Å². The van der Waals surface area contributed by atoms with Crippen LogP contribution < -0.4 is 5.32 Å². The van der Waals surface area contributed by atoms with E-state index in [4.69, 9.17) is 0 Å². The first-order valence-electron chi connectivity index (χ1n) is 7.50. The SMILES string of the molecule is CC1CCCC(CNCC2(N(C)C)CCC2)C1. The molecule has 2 aliphatic rings. The third-order valence-electron chi connectivity index (χ3n) is 5.17. The second-order valence-electron chi connectivity index (χ2n) is 6.74. The van der Waals surface area contributed by atoms with Gasteiger partial charge in [-0.25, -0.2) is 0 Å². The standard InChI is InChI=1S/C15H30N2/c1-13-6-4-7-14(10-13)11-16-12-15(17(2)3)8-5-9-15/h13-14,16H,4-12H2,1-3H3. The van der Waals surface area contributed by atoms with Gasteiger partial charge in [-0.3, -0.25) is 0 Å². The van der Waals surface area contributed by atoms with Crippen molar-refractivity contribution in [1.29, 1.82) is 0 Å². The van der Waals surface area contributed by atoms with E-state index in [1.165, 1.54) is 58.0 Å².